The highest BCUT2D eigenvalue weighted by molar-refractivity contribution is 6.44. The molecule has 5 heteroatoms. The van der Waals surface area contributed by atoms with Crippen LogP contribution >= 0.6 is 23.2 Å². The lowest BCUT2D eigenvalue weighted by Gasteiger charge is -2.19. The van der Waals surface area contributed by atoms with E-state index in [1.54, 1.807) is 12.3 Å². The molecule has 2 heterocycles. The molecule has 3 rings (SSSR count). The highest BCUT2D eigenvalue weighted by Gasteiger charge is 2.20. The number of fused-ring (bicyclic) bond motifs is 3. The van der Waals surface area contributed by atoms with Gasteiger partial charge in [-0.1, -0.05) is 29.3 Å². The average Bonchev–Trinajstić information content (AvgIpc) is 2.71. The molecule has 2 aromatic rings. The number of nitrogens with zero attached hydrogens (tertiary/aromatic N) is 1. The van der Waals surface area contributed by atoms with Crippen LogP contribution in [0.2, 0.25) is 10.0 Å². The van der Waals surface area contributed by atoms with Crippen molar-refractivity contribution in [1.29, 1.82) is 0 Å². The number of anilines is 1. The monoisotopic (exact) mass is 239 g/mol. The van der Waals surface area contributed by atoms with Crippen LogP contribution in [0, 0.1) is 0 Å². The molecule has 0 spiro atoms. The third-order valence-electron chi connectivity index (χ3n) is 2.55. The van der Waals surface area contributed by atoms with Gasteiger partial charge in [0.15, 0.2) is 0 Å². The van der Waals surface area contributed by atoms with Crippen molar-refractivity contribution >= 4 is 28.9 Å². The fourth-order valence-corrected chi connectivity index (χ4v) is 2.19. The molecule has 1 aliphatic rings. The van der Waals surface area contributed by atoms with Crippen LogP contribution in [0.15, 0.2) is 18.3 Å². The summed E-state index contributed by atoms with van der Waals surface area (Å²) in [7, 11) is 0. The number of halogens is 2. The van der Waals surface area contributed by atoms with E-state index in [-0.39, 0.29) is 0 Å². The Kier molecular flexibility index (Phi) is 1.90. The SMILES string of the molecule is Clc1ccc2c(c1Cl)NCc1[nH]ncc1-2. The number of H-pyrrole nitrogens is 1. The molecule has 1 aromatic heterocycles. The lowest BCUT2D eigenvalue weighted by atomic mass is 10.0. The van der Waals surface area contributed by atoms with Crippen LogP contribution in [0.4, 0.5) is 5.69 Å². The van der Waals surface area contributed by atoms with Crippen LogP contribution < -0.4 is 5.32 Å². The highest BCUT2D eigenvalue weighted by atomic mass is 35.5. The van der Waals surface area contributed by atoms with Gasteiger partial charge in [-0.25, -0.2) is 0 Å². The van der Waals surface area contributed by atoms with Crippen LogP contribution in [0.3, 0.4) is 0 Å². The van der Waals surface area contributed by atoms with Gasteiger partial charge in [-0.05, 0) is 6.07 Å². The van der Waals surface area contributed by atoms with Crippen molar-refractivity contribution < 1.29 is 0 Å². The Bertz CT molecular complexity index is 533. The fourth-order valence-electron chi connectivity index (χ4n) is 1.80. The summed E-state index contributed by atoms with van der Waals surface area (Å²) in [5, 5.41) is 11.3. The van der Waals surface area contributed by atoms with Crippen molar-refractivity contribution in [2.24, 2.45) is 0 Å². The van der Waals surface area contributed by atoms with Crippen molar-refractivity contribution in [3.05, 3.63) is 34.1 Å². The first-order chi connectivity index (χ1) is 7.27. The second-order valence-corrected chi connectivity index (χ2v) is 4.18. The van der Waals surface area contributed by atoms with Gasteiger partial charge in [0, 0.05) is 11.1 Å². The lowest BCUT2D eigenvalue weighted by molar-refractivity contribution is 0.977. The Balaban J connectivity index is 2.31. The van der Waals surface area contributed by atoms with Crippen LogP contribution in [0.1, 0.15) is 5.69 Å². The maximum absolute atomic E-state index is 6.12. The van der Waals surface area contributed by atoms with Gasteiger partial charge in [-0.2, -0.15) is 5.10 Å². The summed E-state index contributed by atoms with van der Waals surface area (Å²) in [6, 6.07) is 3.75. The molecule has 0 amide bonds. The number of aromatic nitrogens is 2. The first kappa shape index (κ1) is 9.07. The number of nitrogens with one attached hydrogen (secondary N) is 2. The normalized spacial score (nSPS) is 12.9. The number of hydrogen-bond donors (Lipinski definition) is 2. The van der Waals surface area contributed by atoms with Gasteiger partial charge in [-0.15, -0.1) is 0 Å². The molecule has 15 heavy (non-hydrogen) atoms. The molecule has 0 bridgehead atoms. The minimum absolute atomic E-state index is 0.565. The maximum Gasteiger partial charge on any atom is 0.0830 e. The summed E-state index contributed by atoms with van der Waals surface area (Å²) in [4.78, 5) is 0. The second-order valence-electron chi connectivity index (χ2n) is 3.40. The Morgan fingerprint density at radius 1 is 1.20 bits per heavy atom. The minimum Gasteiger partial charge on any atom is -0.378 e. The molecule has 0 fully saturated rings. The molecule has 76 valence electrons. The third-order valence-corrected chi connectivity index (χ3v) is 3.35. The molecule has 0 radical (unpaired) electrons. The maximum atomic E-state index is 6.12. The Morgan fingerprint density at radius 2 is 2.07 bits per heavy atom. The van der Waals surface area contributed by atoms with E-state index in [1.165, 1.54) is 0 Å². The quantitative estimate of drug-likeness (QED) is 0.741. The standard InChI is InChI=1S/C10H7Cl2N3/c11-7-2-1-5-6-3-14-15-8(6)4-13-10(5)9(7)12/h1-3,13H,4H2,(H,14,15). The molecule has 0 atom stereocenters. The Morgan fingerprint density at radius 3 is 2.93 bits per heavy atom. The van der Waals surface area contributed by atoms with Gasteiger partial charge in [0.25, 0.3) is 0 Å². The van der Waals surface area contributed by atoms with Crippen molar-refractivity contribution in [1.82, 2.24) is 10.2 Å². The average molecular weight is 240 g/mol. The van der Waals surface area contributed by atoms with Crippen LogP contribution in [0.5, 0.6) is 0 Å². The van der Waals surface area contributed by atoms with Gasteiger partial charge in [0.1, 0.15) is 0 Å². The van der Waals surface area contributed by atoms with Crippen LogP contribution in [-0.4, -0.2) is 10.2 Å². The van der Waals surface area contributed by atoms with Crippen molar-refractivity contribution in [2.75, 3.05) is 5.32 Å². The van der Waals surface area contributed by atoms with Gasteiger partial charge in [0.2, 0.25) is 0 Å². The summed E-state index contributed by atoms with van der Waals surface area (Å²) < 4.78 is 0. The molecule has 1 aromatic carbocycles. The van der Waals surface area contributed by atoms with E-state index in [2.05, 4.69) is 15.5 Å². The molecule has 0 aliphatic carbocycles. The van der Waals surface area contributed by atoms with E-state index >= 15 is 0 Å². The predicted octanol–water partition coefficient (Wildman–Crippen LogP) is 3.31. The van der Waals surface area contributed by atoms with E-state index in [0.717, 1.165) is 22.5 Å². The molecule has 3 nitrogen and oxygen atoms in total. The predicted molar refractivity (Wildman–Crippen MR) is 61.4 cm³/mol. The topological polar surface area (TPSA) is 40.7 Å². The molecular formula is C10H7Cl2N3. The van der Waals surface area contributed by atoms with Crippen molar-refractivity contribution in [3.8, 4) is 11.1 Å². The van der Waals surface area contributed by atoms with E-state index in [9.17, 15) is 0 Å². The minimum atomic E-state index is 0.565. The number of benzene rings is 1. The first-order valence-corrected chi connectivity index (χ1v) is 5.27. The summed E-state index contributed by atoms with van der Waals surface area (Å²) in [6.07, 6.45) is 1.80. The molecule has 2 N–H and O–H groups in total. The summed E-state index contributed by atoms with van der Waals surface area (Å²) in [6.45, 7) is 0.697. The Labute approximate surface area is 96.4 Å². The van der Waals surface area contributed by atoms with Crippen LogP contribution in [-0.2, 0) is 6.54 Å². The molecule has 0 saturated heterocycles. The Hall–Kier alpha value is -1.19. The molecular weight excluding hydrogens is 233 g/mol. The zero-order chi connectivity index (χ0) is 10.4. The second kappa shape index (κ2) is 3.15. The smallest absolute Gasteiger partial charge is 0.0830 e. The van der Waals surface area contributed by atoms with E-state index in [4.69, 9.17) is 23.2 Å². The molecule has 0 saturated carbocycles. The summed E-state index contributed by atoms with van der Waals surface area (Å²) in [5.41, 5.74) is 4.08. The summed E-state index contributed by atoms with van der Waals surface area (Å²) in [5.74, 6) is 0. The van der Waals surface area contributed by atoms with E-state index in [1.807, 2.05) is 6.07 Å². The number of aromatic amines is 1. The van der Waals surface area contributed by atoms with E-state index in [0.29, 0.717) is 16.6 Å². The van der Waals surface area contributed by atoms with Crippen LogP contribution in [0.25, 0.3) is 11.1 Å². The number of rotatable bonds is 0. The zero-order valence-corrected chi connectivity index (χ0v) is 9.15. The van der Waals surface area contributed by atoms with Gasteiger partial charge in [-0.3, -0.25) is 5.10 Å². The largest absolute Gasteiger partial charge is 0.378 e. The molecule has 1 aliphatic heterocycles. The fraction of sp³-hybridized carbons (Fsp3) is 0.100. The highest BCUT2D eigenvalue weighted by Crippen LogP contribution is 2.42. The van der Waals surface area contributed by atoms with Crippen molar-refractivity contribution in [2.45, 2.75) is 6.54 Å². The van der Waals surface area contributed by atoms with Gasteiger partial charge >= 0.3 is 0 Å². The first-order valence-electron chi connectivity index (χ1n) is 4.52. The van der Waals surface area contributed by atoms with Gasteiger partial charge in [0.05, 0.1) is 34.2 Å². The summed E-state index contributed by atoms with van der Waals surface area (Å²) >= 11 is 12.1. The lowest BCUT2D eigenvalue weighted by Crippen LogP contribution is -2.08. The van der Waals surface area contributed by atoms with Gasteiger partial charge < -0.3 is 5.32 Å². The molecule has 0 unspecified atom stereocenters. The number of hydrogen-bond acceptors (Lipinski definition) is 2. The third kappa shape index (κ3) is 1.24. The van der Waals surface area contributed by atoms with Crippen molar-refractivity contribution in [3.63, 3.8) is 0 Å². The zero-order valence-electron chi connectivity index (χ0n) is 7.64. The van der Waals surface area contributed by atoms with E-state index < -0.39 is 0 Å².